The van der Waals surface area contributed by atoms with Crippen LogP contribution in [0.25, 0.3) is 0 Å². The molecular weight excluding hydrogens is 220 g/mol. The minimum Gasteiger partial charge on any atom is -0.329 e. The van der Waals surface area contributed by atoms with E-state index >= 15 is 0 Å². The molecule has 1 rings (SSSR count). The number of rotatable bonds is 6. The molecule has 0 saturated carbocycles. The molecule has 102 valence electrons. The van der Waals surface area contributed by atoms with Crippen LogP contribution in [0.2, 0.25) is 0 Å². The summed E-state index contributed by atoms with van der Waals surface area (Å²) in [4.78, 5) is 2.39. The van der Waals surface area contributed by atoms with Gasteiger partial charge in [-0.25, -0.2) is 0 Å². The molecule has 2 atom stereocenters. The highest BCUT2D eigenvalue weighted by molar-refractivity contribution is 5.30. The third-order valence-corrected chi connectivity index (χ3v) is 3.68. The third-order valence-electron chi connectivity index (χ3n) is 3.68. The fourth-order valence-electron chi connectivity index (χ4n) is 2.52. The number of aryl methyl sites for hydroxylation is 2. The molecule has 1 aromatic carbocycles. The van der Waals surface area contributed by atoms with Crippen LogP contribution >= 0.6 is 0 Å². The molecule has 0 aliphatic rings. The molecule has 0 fully saturated rings. The van der Waals surface area contributed by atoms with Crippen LogP contribution in [0.15, 0.2) is 18.2 Å². The van der Waals surface area contributed by atoms with Gasteiger partial charge in [0.05, 0.1) is 0 Å². The lowest BCUT2D eigenvalue weighted by Gasteiger charge is -2.30. The van der Waals surface area contributed by atoms with Crippen LogP contribution in [0.1, 0.15) is 43.0 Å². The number of benzene rings is 1. The highest BCUT2D eigenvalue weighted by Crippen LogP contribution is 2.22. The molecule has 0 aliphatic carbocycles. The standard InChI is InChI=1S/C16H28N2/c1-6-12(2)11-18(5)16(10-17)15-8-13(3)7-14(4)9-15/h7-9,12,16H,6,10-11,17H2,1-5H3. The molecule has 0 radical (unpaired) electrons. The molecule has 2 nitrogen and oxygen atoms in total. The van der Waals surface area contributed by atoms with Crippen LogP contribution in [0, 0.1) is 19.8 Å². The van der Waals surface area contributed by atoms with Gasteiger partial charge in [0.15, 0.2) is 0 Å². The summed E-state index contributed by atoms with van der Waals surface area (Å²) in [5, 5.41) is 0. The number of nitrogens with two attached hydrogens (primary N) is 1. The van der Waals surface area contributed by atoms with E-state index in [-0.39, 0.29) is 0 Å². The zero-order chi connectivity index (χ0) is 13.7. The topological polar surface area (TPSA) is 29.3 Å². The fraction of sp³-hybridized carbons (Fsp3) is 0.625. The Labute approximate surface area is 112 Å². The van der Waals surface area contributed by atoms with Crippen LogP contribution in [-0.4, -0.2) is 25.0 Å². The van der Waals surface area contributed by atoms with Crippen LogP contribution < -0.4 is 5.73 Å². The summed E-state index contributed by atoms with van der Waals surface area (Å²) < 4.78 is 0. The first kappa shape index (κ1) is 15.2. The van der Waals surface area contributed by atoms with Crippen molar-refractivity contribution in [3.63, 3.8) is 0 Å². The van der Waals surface area contributed by atoms with Gasteiger partial charge in [0.2, 0.25) is 0 Å². The first-order chi connectivity index (χ1) is 8.47. The van der Waals surface area contributed by atoms with Crippen molar-refractivity contribution in [2.75, 3.05) is 20.1 Å². The van der Waals surface area contributed by atoms with Crippen LogP contribution in [0.4, 0.5) is 0 Å². The van der Waals surface area contributed by atoms with Gasteiger partial charge in [-0.3, -0.25) is 4.90 Å². The largest absolute Gasteiger partial charge is 0.329 e. The van der Waals surface area contributed by atoms with Gasteiger partial charge < -0.3 is 5.73 Å². The average Bonchev–Trinajstić information content (AvgIpc) is 2.28. The first-order valence-electron chi connectivity index (χ1n) is 6.96. The Morgan fingerprint density at radius 2 is 1.72 bits per heavy atom. The molecule has 2 heteroatoms. The second-order valence-electron chi connectivity index (χ2n) is 5.63. The van der Waals surface area contributed by atoms with Crippen LogP contribution in [-0.2, 0) is 0 Å². The van der Waals surface area contributed by atoms with Gasteiger partial charge in [-0.2, -0.15) is 0 Å². The summed E-state index contributed by atoms with van der Waals surface area (Å²) in [5.74, 6) is 0.718. The second-order valence-corrected chi connectivity index (χ2v) is 5.63. The van der Waals surface area contributed by atoms with Crippen molar-refractivity contribution in [1.29, 1.82) is 0 Å². The lowest BCUT2D eigenvalue weighted by Crippen LogP contribution is -2.33. The summed E-state index contributed by atoms with van der Waals surface area (Å²) in [6.45, 7) is 10.6. The molecule has 0 aromatic heterocycles. The predicted octanol–water partition coefficient (Wildman–Crippen LogP) is 3.28. The molecule has 0 heterocycles. The van der Waals surface area contributed by atoms with E-state index in [0.717, 1.165) is 12.5 Å². The Morgan fingerprint density at radius 3 is 2.17 bits per heavy atom. The van der Waals surface area contributed by atoms with E-state index in [0.29, 0.717) is 12.6 Å². The van der Waals surface area contributed by atoms with Crippen LogP contribution in [0.5, 0.6) is 0 Å². The van der Waals surface area contributed by atoms with E-state index in [1.807, 2.05) is 0 Å². The van der Waals surface area contributed by atoms with E-state index in [2.05, 4.69) is 57.8 Å². The lowest BCUT2D eigenvalue weighted by atomic mass is 9.99. The van der Waals surface area contributed by atoms with Crippen molar-refractivity contribution in [2.24, 2.45) is 11.7 Å². The molecule has 0 amide bonds. The highest BCUT2D eigenvalue weighted by atomic mass is 15.1. The Balaban J connectivity index is 2.87. The summed E-state index contributed by atoms with van der Waals surface area (Å²) >= 11 is 0. The zero-order valence-electron chi connectivity index (χ0n) is 12.5. The first-order valence-corrected chi connectivity index (χ1v) is 6.96. The fourth-order valence-corrected chi connectivity index (χ4v) is 2.52. The van der Waals surface area contributed by atoms with Crippen molar-refractivity contribution in [1.82, 2.24) is 4.90 Å². The number of likely N-dealkylation sites (N-methyl/N-ethyl adjacent to an activating group) is 1. The minimum absolute atomic E-state index is 0.331. The number of hydrogen-bond donors (Lipinski definition) is 1. The Morgan fingerprint density at radius 1 is 1.17 bits per heavy atom. The zero-order valence-corrected chi connectivity index (χ0v) is 12.5. The molecule has 0 spiro atoms. The molecule has 2 unspecified atom stereocenters. The normalized spacial score (nSPS) is 14.8. The molecule has 0 aliphatic heterocycles. The maximum atomic E-state index is 5.98. The molecule has 0 saturated heterocycles. The van der Waals surface area contributed by atoms with E-state index in [9.17, 15) is 0 Å². The van der Waals surface area contributed by atoms with Crippen molar-refractivity contribution in [3.05, 3.63) is 34.9 Å². The van der Waals surface area contributed by atoms with Crippen molar-refractivity contribution >= 4 is 0 Å². The molecule has 0 bridgehead atoms. The molecule has 18 heavy (non-hydrogen) atoms. The van der Waals surface area contributed by atoms with Gasteiger partial charge in [-0.15, -0.1) is 0 Å². The van der Waals surface area contributed by atoms with Gasteiger partial charge in [-0.05, 0) is 32.4 Å². The monoisotopic (exact) mass is 248 g/mol. The smallest absolute Gasteiger partial charge is 0.0467 e. The summed E-state index contributed by atoms with van der Waals surface area (Å²) in [6, 6.07) is 7.07. The molecule has 1 aromatic rings. The number of hydrogen-bond acceptors (Lipinski definition) is 2. The SMILES string of the molecule is CCC(C)CN(C)C(CN)c1cc(C)cc(C)c1. The molecule has 2 N–H and O–H groups in total. The Bertz CT molecular complexity index is 353. The van der Waals surface area contributed by atoms with Gasteiger partial charge >= 0.3 is 0 Å². The number of nitrogens with zero attached hydrogens (tertiary/aromatic N) is 1. The van der Waals surface area contributed by atoms with E-state index < -0.39 is 0 Å². The maximum absolute atomic E-state index is 5.98. The average molecular weight is 248 g/mol. The Kier molecular flexibility index (Phi) is 5.83. The highest BCUT2D eigenvalue weighted by Gasteiger charge is 2.17. The third kappa shape index (κ3) is 4.11. The van der Waals surface area contributed by atoms with Gasteiger partial charge in [0, 0.05) is 19.1 Å². The van der Waals surface area contributed by atoms with E-state index in [1.54, 1.807) is 0 Å². The Hall–Kier alpha value is -0.860. The predicted molar refractivity (Wildman–Crippen MR) is 79.8 cm³/mol. The van der Waals surface area contributed by atoms with E-state index in [4.69, 9.17) is 5.73 Å². The minimum atomic E-state index is 0.331. The maximum Gasteiger partial charge on any atom is 0.0467 e. The van der Waals surface area contributed by atoms with Crippen molar-refractivity contribution < 1.29 is 0 Å². The summed E-state index contributed by atoms with van der Waals surface area (Å²) in [6.07, 6.45) is 1.22. The van der Waals surface area contributed by atoms with Gasteiger partial charge in [-0.1, -0.05) is 49.6 Å². The summed E-state index contributed by atoms with van der Waals surface area (Å²) in [5.41, 5.74) is 9.97. The van der Waals surface area contributed by atoms with Gasteiger partial charge in [0.1, 0.15) is 0 Å². The molecular formula is C16H28N2. The van der Waals surface area contributed by atoms with Crippen LogP contribution in [0.3, 0.4) is 0 Å². The van der Waals surface area contributed by atoms with E-state index in [1.165, 1.54) is 23.1 Å². The van der Waals surface area contributed by atoms with Crippen molar-refractivity contribution in [2.45, 2.75) is 40.2 Å². The quantitative estimate of drug-likeness (QED) is 0.837. The van der Waals surface area contributed by atoms with Gasteiger partial charge in [0.25, 0.3) is 0 Å². The van der Waals surface area contributed by atoms with Crippen molar-refractivity contribution in [3.8, 4) is 0 Å². The lowest BCUT2D eigenvalue weighted by molar-refractivity contribution is 0.215. The summed E-state index contributed by atoms with van der Waals surface area (Å²) in [7, 11) is 2.18. The second kappa shape index (κ2) is 6.91.